The molecule has 2 unspecified atom stereocenters. The number of halogens is 1. The van der Waals surface area contributed by atoms with Crippen molar-refractivity contribution in [1.82, 2.24) is 0 Å². The smallest absolute Gasteiger partial charge is 0.105 e. The van der Waals surface area contributed by atoms with E-state index < -0.39 is 12.2 Å². The van der Waals surface area contributed by atoms with E-state index in [4.69, 9.17) is 4.74 Å². The average molecular weight is 330 g/mol. The lowest BCUT2D eigenvalue weighted by molar-refractivity contribution is 0.0174. The van der Waals surface area contributed by atoms with E-state index in [1.165, 1.54) is 0 Å². The SMILES string of the molecule is OC(CCBr)C(O)c1cccc(N2CCOCC2)c1. The molecule has 1 saturated heterocycles. The Balaban J connectivity index is 2.09. The van der Waals surface area contributed by atoms with Crippen LogP contribution in [-0.4, -0.2) is 48.0 Å². The average Bonchev–Trinajstić information content (AvgIpc) is 2.48. The summed E-state index contributed by atoms with van der Waals surface area (Å²) in [7, 11) is 0. The molecule has 2 atom stereocenters. The minimum Gasteiger partial charge on any atom is -0.390 e. The zero-order valence-electron chi connectivity index (χ0n) is 10.8. The third kappa shape index (κ3) is 3.92. The third-order valence-electron chi connectivity index (χ3n) is 3.36. The van der Waals surface area contributed by atoms with Crippen molar-refractivity contribution in [2.75, 3.05) is 36.5 Å². The molecule has 1 aliphatic rings. The summed E-state index contributed by atoms with van der Waals surface area (Å²) in [6.45, 7) is 3.20. The van der Waals surface area contributed by atoms with Gasteiger partial charge in [-0.3, -0.25) is 0 Å². The number of aliphatic hydroxyl groups is 2. The third-order valence-corrected chi connectivity index (χ3v) is 3.82. The molecule has 1 aromatic carbocycles. The molecule has 0 bridgehead atoms. The van der Waals surface area contributed by atoms with Crippen LogP contribution in [0.25, 0.3) is 0 Å². The van der Waals surface area contributed by atoms with Crippen LogP contribution in [0.15, 0.2) is 24.3 Å². The maximum absolute atomic E-state index is 10.1. The summed E-state index contributed by atoms with van der Waals surface area (Å²) >= 11 is 3.27. The standard InChI is InChI=1S/C14H20BrNO3/c15-5-4-13(17)14(18)11-2-1-3-12(10-11)16-6-8-19-9-7-16/h1-3,10,13-14,17-18H,4-9H2. The van der Waals surface area contributed by atoms with Crippen LogP contribution in [0.2, 0.25) is 0 Å². The fourth-order valence-corrected chi connectivity index (χ4v) is 2.69. The molecule has 1 fully saturated rings. The number of anilines is 1. The van der Waals surface area contributed by atoms with E-state index in [1.807, 2.05) is 24.3 Å². The van der Waals surface area contributed by atoms with Crippen molar-refractivity contribution in [1.29, 1.82) is 0 Å². The van der Waals surface area contributed by atoms with Gasteiger partial charge >= 0.3 is 0 Å². The van der Waals surface area contributed by atoms with Crippen LogP contribution in [0.5, 0.6) is 0 Å². The molecule has 1 aliphatic heterocycles. The van der Waals surface area contributed by atoms with Crippen LogP contribution in [-0.2, 0) is 4.74 Å². The number of ether oxygens (including phenoxy) is 1. The fraction of sp³-hybridized carbons (Fsp3) is 0.571. The van der Waals surface area contributed by atoms with Gasteiger partial charge in [0.1, 0.15) is 6.10 Å². The number of rotatable bonds is 5. The molecule has 106 valence electrons. The second-order valence-corrected chi connectivity index (χ2v) is 5.48. The molecule has 4 nitrogen and oxygen atoms in total. The fourth-order valence-electron chi connectivity index (χ4n) is 2.22. The van der Waals surface area contributed by atoms with Crippen molar-refractivity contribution < 1.29 is 14.9 Å². The van der Waals surface area contributed by atoms with Gasteiger partial charge in [0.25, 0.3) is 0 Å². The van der Waals surface area contributed by atoms with Crippen molar-refractivity contribution in [3.63, 3.8) is 0 Å². The molecule has 0 spiro atoms. The number of benzene rings is 1. The molecule has 0 radical (unpaired) electrons. The van der Waals surface area contributed by atoms with Crippen LogP contribution < -0.4 is 4.90 Å². The quantitative estimate of drug-likeness (QED) is 0.807. The molecule has 2 rings (SSSR count). The monoisotopic (exact) mass is 329 g/mol. The van der Waals surface area contributed by atoms with Gasteiger partial charge in [0.05, 0.1) is 19.3 Å². The Kier molecular flexibility index (Phi) is 5.63. The van der Waals surface area contributed by atoms with Crippen molar-refractivity contribution >= 4 is 21.6 Å². The molecular formula is C14H20BrNO3. The normalized spacial score (nSPS) is 19.2. The number of hydrogen-bond donors (Lipinski definition) is 2. The number of nitrogens with zero attached hydrogens (tertiary/aromatic N) is 1. The lowest BCUT2D eigenvalue weighted by Crippen LogP contribution is -2.36. The van der Waals surface area contributed by atoms with E-state index in [0.717, 1.165) is 37.6 Å². The number of hydrogen-bond acceptors (Lipinski definition) is 4. The van der Waals surface area contributed by atoms with Crippen LogP contribution in [0, 0.1) is 0 Å². The maximum atomic E-state index is 10.1. The molecule has 5 heteroatoms. The Bertz CT molecular complexity index is 396. The van der Waals surface area contributed by atoms with Crippen LogP contribution in [0.4, 0.5) is 5.69 Å². The Labute approximate surface area is 122 Å². The summed E-state index contributed by atoms with van der Waals surface area (Å²) < 4.78 is 5.33. The van der Waals surface area contributed by atoms with Gasteiger partial charge in [0.2, 0.25) is 0 Å². The summed E-state index contributed by atoms with van der Waals surface area (Å²) in [6, 6.07) is 7.75. The lowest BCUT2D eigenvalue weighted by atomic mass is 10.0. The van der Waals surface area contributed by atoms with E-state index in [1.54, 1.807) is 0 Å². The van der Waals surface area contributed by atoms with E-state index in [0.29, 0.717) is 11.8 Å². The van der Waals surface area contributed by atoms with E-state index in [9.17, 15) is 10.2 Å². The molecule has 0 aliphatic carbocycles. The molecule has 2 N–H and O–H groups in total. The first kappa shape index (κ1) is 14.8. The first-order chi connectivity index (χ1) is 9.22. The number of alkyl halides is 1. The van der Waals surface area contributed by atoms with Gasteiger partial charge in [-0.05, 0) is 24.1 Å². The Morgan fingerprint density at radius 1 is 1.26 bits per heavy atom. The number of morpholine rings is 1. The summed E-state index contributed by atoms with van der Waals surface area (Å²) in [5, 5.41) is 20.7. The summed E-state index contributed by atoms with van der Waals surface area (Å²) in [4.78, 5) is 2.23. The summed E-state index contributed by atoms with van der Waals surface area (Å²) in [5.74, 6) is 0. The molecule has 0 aromatic heterocycles. The van der Waals surface area contributed by atoms with E-state index in [-0.39, 0.29) is 0 Å². The van der Waals surface area contributed by atoms with Crippen molar-refractivity contribution in [2.45, 2.75) is 18.6 Å². The summed E-state index contributed by atoms with van der Waals surface area (Å²) in [6.07, 6.45) is -1.04. The predicted molar refractivity (Wildman–Crippen MR) is 78.9 cm³/mol. The maximum Gasteiger partial charge on any atom is 0.105 e. The lowest BCUT2D eigenvalue weighted by Gasteiger charge is -2.29. The first-order valence-electron chi connectivity index (χ1n) is 6.57. The highest BCUT2D eigenvalue weighted by molar-refractivity contribution is 9.09. The molecule has 1 heterocycles. The molecule has 19 heavy (non-hydrogen) atoms. The minimum atomic E-state index is -0.835. The molecule has 0 amide bonds. The van der Waals surface area contributed by atoms with Gasteiger partial charge in [0.15, 0.2) is 0 Å². The van der Waals surface area contributed by atoms with Gasteiger partial charge in [-0.1, -0.05) is 28.1 Å². The van der Waals surface area contributed by atoms with Gasteiger partial charge in [-0.15, -0.1) is 0 Å². The highest BCUT2D eigenvalue weighted by Crippen LogP contribution is 2.24. The van der Waals surface area contributed by atoms with Gasteiger partial charge in [0, 0.05) is 24.1 Å². The van der Waals surface area contributed by atoms with Crippen LogP contribution >= 0.6 is 15.9 Å². The zero-order valence-corrected chi connectivity index (χ0v) is 12.4. The molecular weight excluding hydrogens is 310 g/mol. The van der Waals surface area contributed by atoms with Gasteiger partial charge in [-0.2, -0.15) is 0 Å². The van der Waals surface area contributed by atoms with Crippen LogP contribution in [0.1, 0.15) is 18.1 Å². The minimum absolute atomic E-state index is 0.531. The zero-order chi connectivity index (χ0) is 13.7. The predicted octanol–water partition coefficient (Wildman–Crippen LogP) is 1.70. The Morgan fingerprint density at radius 3 is 2.68 bits per heavy atom. The van der Waals surface area contributed by atoms with Crippen molar-refractivity contribution in [3.8, 4) is 0 Å². The van der Waals surface area contributed by atoms with E-state index in [2.05, 4.69) is 20.8 Å². The second kappa shape index (κ2) is 7.24. The molecule has 0 saturated carbocycles. The first-order valence-corrected chi connectivity index (χ1v) is 7.69. The number of aliphatic hydroxyl groups excluding tert-OH is 2. The van der Waals surface area contributed by atoms with Crippen LogP contribution in [0.3, 0.4) is 0 Å². The van der Waals surface area contributed by atoms with Crippen molar-refractivity contribution in [2.24, 2.45) is 0 Å². The van der Waals surface area contributed by atoms with Gasteiger partial charge < -0.3 is 19.8 Å². The largest absolute Gasteiger partial charge is 0.390 e. The Morgan fingerprint density at radius 2 is 2.00 bits per heavy atom. The van der Waals surface area contributed by atoms with Gasteiger partial charge in [-0.25, -0.2) is 0 Å². The molecule has 1 aromatic rings. The highest BCUT2D eigenvalue weighted by atomic mass is 79.9. The topological polar surface area (TPSA) is 52.9 Å². The highest BCUT2D eigenvalue weighted by Gasteiger charge is 2.19. The van der Waals surface area contributed by atoms with E-state index >= 15 is 0 Å². The Hall–Kier alpha value is -0.620. The second-order valence-electron chi connectivity index (χ2n) is 4.68. The summed E-state index contributed by atoms with van der Waals surface area (Å²) in [5.41, 5.74) is 1.84. The van der Waals surface area contributed by atoms with Crippen molar-refractivity contribution in [3.05, 3.63) is 29.8 Å².